The summed E-state index contributed by atoms with van der Waals surface area (Å²) in [6.45, 7) is 1.64. The Kier molecular flexibility index (Phi) is 3.62. The second-order valence-corrected chi connectivity index (χ2v) is 4.24. The van der Waals surface area contributed by atoms with Crippen molar-refractivity contribution in [3.8, 4) is 0 Å². The third-order valence-electron chi connectivity index (χ3n) is 2.19. The van der Waals surface area contributed by atoms with Gasteiger partial charge in [-0.15, -0.1) is 0 Å². The van der Waals surface area contributed by atoms with E-state index in [0.29, 0.717) is 11.4 Å². The van der Waals surface area contributed by atoms with Gasteiger partial charge >= 0.3 is 5.97 Å². The molecule has 19 heavy (non-hydrogen) atoms. The molecule has 2 N–H and O–H groups in total. The number of carboxylic acids is 1. The fourth-order valence-electron chi connectivity index (χ4n) is 1.49. The van der Waals surface area contributed by atoms with Crippen molar-refractivity contribution < 1.29 is 14.3 Å². The Balaban J connectivity index is 2.35. The van der Waals surface area contributed by atoms with Crippen molar-refractivity contribution >= 4 is 29.2 Å². The molecule has 2 aromatic rings. The molecule has 0 unspecified atom stereocenters. The lowest BCUT2D eigenvalue weighted by Crippen LogP contribution is -2.06. The number of anilines is 2. The summed E-state index contributed by atoms with van der Waals surface area (Å²) < 4.78 is 13.2. The predicted molar refractivity (Wildman–Crippen MR) is 68.4 cm³/mol. The standard InChI is InChI=1S/C12H9ClFN3O2/c1-6-2-10(11(18)19)17-12(15-6)16-9-4-7(13)3-8(14)5-9/h2-5H,1H3,(H,18,19)(H,15,16,17). The molecule has 1 aromatic carbocycles. The molecule has 1 heterocycles. The zero-order valence-corrected chi connectivity index (χ0v) is 10.6. The van der Waals surface area contributed by atoms with E-state index in [1.807, 2.05) is 0 Å². The van der Waals surface area contributed by atoms with Crippen LogP contribution in [-0.2, 0) is 0 Å². The van der Waals surface area contributed by atoms with Crippen LogP contribution in [0.2, 0.25) is 5.02 Å². The molecule has 5 nitrogen and oxygen atoms in total. The second kappa shape index (κ2) is 5.19. The van der Waals surface area contributed by atoms with Gasteiger partial charge in [-0.1, -0.05) is 11.6 Å². The largest absolute Gasteiger partial charge is 0.477 e. The second-order valence-electron chi connectivity index (χ2n) is 3.81. The van der Waals surface area contributed by atoms with Crippen molar-refractivity contribution in [2.75, 3.05) is 5.32 Å². The quantitative estimate of drug-likeness (QED) is 0.904. The van der Waals surface area contributed by atoms with Crippen LogP contribution in [0.4, 0.5) is 16.0 Å². The zero-order chi connectivity index (χ0) is 14.0. The van der Waals surface area contributed by atoms with Crippen LogP contribution in [0.3, 0.4) is 0 Å². The molecule has 0 fully saturated rings. The van der Waals surface area contributed by atoms with E-state index in [1.165, 1.54) is 18.2 Å². The fraction of sp³-hybridized carbons (Fsp3) is 0.0833. The van der Waals surface area contributed by atoms with Crippen molar-refractivity contribution in [1.82, 2.24) is 9.97 Å². The summed E-state index contributed by atoms with van der Waals surface area (Å²) in [6.07, 6.45) is 0. The van der Waals surface area contributed by atoms with Gasteiger partial charge in [0.15, 0.2) is 5.69 Å². The summed E-state index contributed by atoms with van der Waals surface area (Å²) in [7, 11) is 0. The summed E-state index contributed by atoms with van der Waals surface area (Å²) in [5, 5.41) is 11.8. The number of halogens is 2. The first kappa shape index (κ1) is 13.2. The first-order valence-corrected chi connectivity index (χ1v) is 5.64. The Bertz CT molecular complexity index is 629. The molecule has 0 saturated heterocycles. The molecule has 1 aromatic heterocycles. The Labute approximate surface area is 113 Å². The minimum atomic E-state index is -1.16. The number of aromatic carboxylic acids is 1. The monoisotopic (exact) mass is 281 g/mol. The molecule has 0 spiro atoms. The summed E-state index contributed by atoms with van der Waals surface area (Å²) >= 11 is 5.71. The predicted octanol–water partition coefficient (Wildman–Crippen LogP) is 3.02. The fourth-order valence-corrected chi connectivity index (χ4v) is 1.71. The van der Waals surface area contributed by atoms with Crippen LogP contribution < -0.4 is 5.32 Å². The molecule has 0 aliphatic heterocycles. The molecule has 7 heteroatoms. The molecule has 0 atom stereocenters. The topological polar surface area (TPSA) is 75.1 Å². The highest BCUT2D eigenvalue weighted by Crippen LogP contribution is 2.20. The average Bonchev–Trinajstić information content (AvgIpc) is 2.26. The van der Waals surface area contributed by atoms with Crippen LogP contribution in [-0.4, -0.2) is 21.0 Å². The number of hydrogen-bond acceptors (Lipinski definition) is 4. The van der Waals surface area contributed by atoms with Gasteiger partial charge in [-0.25, -0.2) is 19.2 Å². The Hall–Kier alpha value is -2.21. The Morgan fingerprint density at radius 2 is 2.05 bits per heavy atom. The van der Waals surface area contributed by atoms with Gasteiger partial charge < -0.3 is 10.4 Å². The number of nitrogens with zero attached hydrogens (tertiary/aromatic N) is 2. The van der Waals surface area contributed by atoms with Crippen molar-refractivity contribution in [2.24, 2.45) is 0 Å². The van der Waals surface area contributed by atoms with E-state index in [4.69, 9.17) is 16.7 Å². The molecule has 2 rings (SSSR count). The van der Waals surface area contributed by atoms with Gasteiger partial charge in [-0.05, 0) is 31.2 Å². The summed E-state index contributed by atoms with van der Waals surface area (Å²) in [5.74, 6) is -1.61. The number of carbonyl (C=O) groups is 1. The molecular formula is C12H9ClFN3O2. The molecular weight excluding hydrogens is 273 g/mol. The number of aromatic nitrogens is 2. The van der Waals surface area contributed by atoms with Crippen molar-refractivity contribution in [3.63, 3.8) is 0 Å². The number of nitrogens with one attached hydrogen (secondary N) is 1. The van der Waals surface area contributed by atoms with E-state index in [9.17, 15) is 9.18 Å². The molecule has 0 radical (unpaired) electrons. The minimum Gasteiger partial charge on any atom is -0.477 e. The first-order chi connectivity index (χ1) is 8.94. The van der Waals surface area contributed by atoms with Gasteiger partial charge in [-0.2, -0.15) is 0 Å². The van der Waals surface area contributed by atoms with Crippen LogP contribution in [0.25, 0.3) is 0 Å². The molecule has 98 valence electrons. The van der Waals surface area contributed by atoms with Crippen LogP contribution in [0, 0.1) is 12.7 Å². The van der Waals surface area contributed by atoms with E-state index >= 15 is 0 Å². The number of hydrogen-bond donors (Lipinski definition) is 2. The highest BCUT2D eigenvalue weighted by atomic mass is 35.5. The van der Waals surface area contributed by atoms with Crippen LogP contribution >= 0.6 is 11.6 Å². The highest BCUT2D eigenvalue weighted by molar-refractivity contribution is 6.30. The molecule has 0 amide bonds. The molecule has 0 aliphatic rings. The highest BCUT2D eigenvalue weighted by Gasteiger charge is 2.09. The van der Waals surface area contributed by atoms with E-state index in [-0.39, 0.29) is 16.7 Å². The molecule has 0 aliphatic carbocycles. The van der Waals surface area contributed by atoms with Gasteiger partial charge in [0.2, 0.25) is 5.95 Å². The minimum absolute atomic E-state index is 0.0686. The van der Waals surface area contributed by atoms with Gasteiger partial charge in [0, 0.05) is 16.4 Å². The van der Waals surface area contributed by atoms with E-state index in [1.54, 1.807) is 6.92 Å². The first-order valence-electron chi connectivity index (χ1n) is 5.26. The average molecular weight is 282 g/mol. The van der Waals surface area contributed by atoms with Gasteiger partial charge in [0.05, 0.1) is 0 Å². The van der Waals surface area contributed by atoms with Crippen LogP contribution in [0.15, 0.2) is 24.3 Å². The van der Waals surface area contributed by atoms with Crippen molar-refractivity contribution in [2.45, 2.75) is 6.92 Å². The summed E-state index contributed by atoms with van der Waals surface area (Å²) in [4.78, 5) is 18.7. The maximum Gasteiger partial charge on any atom is 0.354 e. The van der Waals surface area contributed by atoms with Crippen LogP contribution in [0.1, 0.15) is 16.2 Å². The number of benzene rings is 1. The number of carboxylic acid groups (broad SMARTS) is 1. The Morgan fingerprint density at radius 3 is 2.68 bits per heavy atom. The number of rotatable bonds is 3. The van der Waals surface area contributed by atoms with E-state index < -0.39 is 11.8 Å². The van der Waals surface area contributed by atoms with Crippen molar-refractivity contribution in [3.05, 3.63) is 46.5 Å². The van der Waals surface area contributed by atoms with Crippen molar-refractivity contribution in [1.29, 1.82) is 0 Å². The van der Waals surface area contributed by atoms with E-state index in [2.05, 4.69) is 15.3 Å². The Morgan fingerprint density at radius 1 is 1.32 bits per heavy atom. The van der Waals surface area contributed by atoms with E-state index in [0.717, 1.165) is 6.07 Å². The van der Waals surface area contributed by atoms with Gasteiger partial charge in [0.25, 0.3) is 0 Å². The number of aryl methyl sites for hydroxylation is 1. The molecule has 0 saturated carbocycles. The SMILES string of the molecule is Cc1cc(C(=O)O)nc(Nc2cc(F)cc(Cl)c2)n1. The zero-order valence-electron chi connectivity index (χ0n) is 9.82. The normalized spacial score (nSPS) is 10.3. The maximum absolute atomic E-state index is 13.2. The third-order valence-corrected chi connectivity index (χ3v) is 2.41. The lowest BCUT2D eigenvalue weighted by Gasteiger charge is -2.07. The smallest absolute Gasteiger partial charge is 0.354 e. The van der Waals surface area contributed by atoms with Gasteiger partial charge in [-0.3, -0.25) is 0 Å². The summed E-state index contributed by atoms with van der Waals surface area (Å²) in [6, 6.07) is 5.19. The lowest BCUT2D eigenvalue weighted by atomic mass is 10.3. The maximum atomic E-state index is 13.2. The van der Waals surface area contributed by atoms with Crippen LogP contribution in [0.5, 0.6) is 0 Å². The molecule has 0 bridgehead atoms. The third kappa shape index (κ3) is 3.38. The van der Waals surface area contributed by atoms with Gasteiger partial charge in [0.1, 0.15) is 5.82 Å². The summed E-state index contributed by atoms with van der Waals surface area (Å²) in [5.41, 5.74) is 0.682. The lowest BCUT2D eigenvalue weighted by molar-refractivity contribution is 0.0690.